The highest BCUT2D eigenvalue weighted by atomic mass is 79.9. The lowest BCUT2D eigenvalue weighted by molar-refractivity contribution is 0.621. The summed E-state index contributed by atoms with van der Waals surface area (Å²) < 4.78 is 13.0. The maximum Gasteiger partial charge on any atom is 0.138 e. The normalized spacial score (nSPS) is 9.64. The number of nitrogens with one attached hydrogen (secondary N) is 1. The second-order valence-electron chi connectivity index (χ2n) is 2.01. The average Bonchev–Trinajstić information content (AvgIpc) is 1.99. The molecule has 11 heavy (non-hydrogen) atoms. The highest BCUT2D eigenvalue weighted by molar-refractivity contribution is 9.10. The summed E-state index contributed by atoms with van der Waals surface area (Å²) in [6.45, 7) is 0. The first kappa shape index (κ1) is 8.20. The van der Waals surface area contributed by atoms with Crippen molar-refractivity contribution in [2.75, 3.05) is 5.73 Å². The summed E-state index contributed by atoms with van der Waals surface area (Å²) in [7, 11) is 0. The van der Waals surface area contributed by atoms with E-state index in [1.54, 1.807) is 0 Å². The Labute approximate surface area is 71.9 Å². The summed E-state index contributed by atoms with van der Waals surface area (Å²) in [5, 5.41) is 6.92. The van der Waals surface area contributed by atoms with Gasteiger partial charge in [-0.2, -0.15) is 0 Å². The fraction of sp³-hybridized carbons (Fsp3) is 0. The number of nitrogen functional groups attached to an aromatic ring is 1. The molecule has 1 aromatic rings. The Balaban J connectivity index is 3.40. The van der Waals surface area contributed by atoms with Crippen LogP contribution in [0.3, 0.4) is 0 Å². The van der Waals surface area contributed by atoms with E-state index in [1.165, 1.54) is 12.1 Å². The molecule has 0 aromatic heterocycles. The number of rotatable bonds is 1. The van der Waals surface area contributed by atoms with Crippen molar-refractivity contribution in [3.8, 4) is 0 Å². The van der Waals surface area contributed by atoms with Crippen molar-refractivity contribution < 1.29 is 4.39 Å². The van der Waals surface area contributed by atoms with Gasteiger partial charge in [-0.05, 0) is 28.1 Å². The molecule has 2 nitrogen and oxygen atoms in total. The Hall–Kier alpha value is -0.900. The lowest BCUT2D eigenvalue weighted by atomic mass is 10.2. The van der Waals surface area contributed by atoms with E-state index in [0.717, 1.165) is 6.21 Å². The van der Waals surface area contributed by atoms with Crippen LogP contribution in [0.25, 0.3) is 0 Å². The van der Waals surface area contributed by atoms with Crippen LogP contribution in [0, 0.1) is 11.2 Å². The van der Waals surface area contributed by atoms with Gasteiger partial charge in [-0.1, -0.05) is 0 Å². The Morgan fingerprint density at radius 3 is 2.64 bits per heavy atom. The number of halogens is 2. The van der Waals surface area contributed by atoms with E-state index in [0.29, 0.717) is 11.3 Å². The van der Waals surface area contributed by atoms with Crippen molar-refractivity contribution in [3.05, 3.63) is 28.0 Å². The molecule has 0 radical (unpaired) electrons. The van der Waals surface area contributed by atoms with Crippen LogP contribution in [-0.2, 0) is 0 Å². The quantitative estimate of drug-likeness (QED) is 0.549. The highest BCUT2D eigenvalue weighted by Crippen LogP contribution is 2.23. The molecule has 0 aliphatic rings. The number of benzene rings is 1. The number of hydrogen-bond acceptors (Lipinski definition) is 2. The molecule has 0 aliphatic heterocycles. The minimum absolute atomic E-state index is 0.243. The van der Waals surface area contributed by atoms with Crippen LogP contribution in [-0.4, -0.2) is 6.21 Å². The van der Waals surface area contributed by atoms with Crippen molar-refractivity contribution in [1.82, 2.24) is 0 Å². The third-order valence-electron chi connectivity index (χ3n) is 1.31. The molecule has 0 saturated carbocycles. The van der Waals surface area contributed by atoms with Crippen molar-refractivity contribution in [2.24, 2.45) is 0 Å². The molecule has 0 amide bonds. The van der Waals surface area contributed by atoms with Gasteiger partial charge in [0.05, 0.1) is 4.47 Å². The van der Waals surface area contributed by atoms with Gasteiger partial charge < -0.3 is 11.1 Å². The van der Waals surface area contributed by atoms with E-state index in [-0.39, 0.29) is 4.47 Å². The summed E-state index contributed by atoms with van der Waals surface area (Å²) >= 11 is 2.98. The summed E-state index contributed by atoms with van der Waals surface area (Å²) in [5.74, 6) is -0.405. The molecular weight excluding hydrogens is 211 g/mol. The van der Waals surface area contributed by atoms with Crippen LogP contribution < -0.4 is 5.73 Å². The molecule has 58 valence electrons. The number of anilines is 1. The Kier molecular flexibility index (Phi) is 2.24. The van der Waals surface area contributed by atoms with Gasteiger partial charge in [0.2, 0.25) is 0 Å². The van der Waals surface area contributed by atoms with Gasteiger partial charge in [0.15, 0.2) is 0 Å². The molecule has 0 heterocycles. The van der Waals surface area contributed by atoms with Crippen molar-refractivity contribution in [2.45, 2.75) is 0 Å². The van der Waals surface area contributed by atoms with Gasteiger partial charge in [0.25, 0.3) is 0 Å². The van der Waals surface area contributed by atoms with Gasteiger partial charge in [0.1, 0.15) is 5.82 Å². The van der Waals surface area contributed by atoms with Crippen LogP contribution in [0.4, 0.5) is 10.1 Å². The number of nitrogens with two attached hydrogens (primary N) is 1. The van der Waals surface area contributed by atoms with Gasteiger partial charge in [0, 0.05) is 17.5 Å². The van der Waals surface area contributed by atoms with Crippen LogP contribution in [0.5, 0.6) is 0 Å². The smallest absolute Gasteiger partial charge is 0.138 e. The average molecular weight is 217 g/mol. The van der Waals surface area contributed by atoms with Gasteiger partial charge in [-0.15, -0.1) is 0 Å². The molecule has 3 N–H and O–H groups in total. The first-order chi connectivity index (χ1) is 5.16. The minimum Gasteiger partial charge on any atom is -0.398 e. The number of hydrogen-bond donors (Lipinski definition) is 2. The second-order valence-corrected chi connectivity index (χ2v) is 2.80. The molecule has 0 unspecified atom stereocenters. The topological polar surface area (TPSA) is 49.9 Å². The fourth-order valence-corrected chi connectivity index (χ4v) is 1.20. The maximum absolute atomic E-state index is 12.7. The van der Waals surface area contributed by atoms with Crippen molar-refractivity contribution in [3.63, 3.8) is 0 Å². The Morgan fingerprint density at radius 1 is 1.55 bits per heavy atom. The van der Waals surface area contributed by atoms with E-state index in [9.17, 15) is 4.39 Å². The fourth-order valence-electron chi connectivity index (χ4n) is 0.728. The van der Waals surface area contributed by atoms with Crippen molar-refractivity contribution >= 4 is 27.8 Å². The van der Waals surface area contributed by atoms with Crippen LogP contribution in [0.15, 0.2) is 16.6 Å². The Bertz CT molecular complexity index is 299. The summed E-state index contributed by atoms with van der Waals surface area (Å²) in [5.41, 5.74) is 6.23. The Morgan fingerprint density at radius 2 is 2.18 bits per heavy atom. The third kappa shape index (κ3) is 1.40. The van der Waals surface area contributed by atoms with E-state index in [2.05, 4.69) is 15.9 Å². The molecule has 1 rings (SSSR count). The molecule has 0 fully saturated rings. The zero-order chi connectivity index (χ0) is 8.43. The predicted molar refractivity (Wildman–Crippen MR) is 46.4 cm³/mol. The monoisotopic (exact) mass is 216 g/mol. The summed E-state index contributed by atoms with van der Waals surface area (Å²) in [6.07, 6.45) is 1.02. The maximum atomic E-state index is 12.7. The van der Waals surface area contributed by atoms with Crippen LogP contribution >= 0.6 is 15.9 Å². The first-order valence-corrected chi connectivity index (χ1v) is 3.70. The second kappa shape index (κ2) is 3.00. The molecule has 1 aromatic carbocycles. The molecule has 0 saturated heterocycles. The third-order valence-corrected chi connectivity index (χ3v) is 2.12. The molecule has 4 heteroatoms. The van der Waals surface area contributed by atoms with Crippen LogP contribution in [0.1, 0.15) is 5.56 Å². The standard InChI is InChI=1S/C7H6BrFN2/c8-7-4(3-10)6(11)2-1-5(7)9/h1-3,10H,11H2. The zero-order valence-electron chi connectivity index (χ0n) is 5.57. The van der Waals surface area contributed by atoms with E-state index in [1.807, 2.05) is 0 Å². The zero-order valence-corrected chi connectivity index (χ0v) is 7.15. The molecule has 0 bridgehead atoms. The predicted octanol–water partition coefficient (Wildman–Crippen LogP) is 2.17. The minimum atomic E-state index is -0.405. The molecule has 0 spiro atoms. The highest BCUT2D eigenvalue weighted by Gasteiger charge is 2.05. The van der Waals surface area contributed by atoms with Gasteiger partial charge >= 0.3 is 0 Å². The lowest BCUT2D eigenvalue weighted by Crippen LogP contribution is -1.95. The van der Waals surface area contributed by atoms with E-state index >= 15 is 0 Å². The summed E-state index contributed by atoms with van der Waals surface area (Å²) in [6, 6.07) is 2.69. The van der Waals surface area contributed by atoms with Crippen molar-refractivity contribution in [1.29, 1.82) is 5.41 Å². The van der Waals surface area contributed by atoms with Crippen LogP contribution in [0.2, 0.25) is 0 Å². The summed E-state index contributed by atoms with van der Waals surface area (Å²) in [4.78, 5) is 0. The first-order valence-electron chi connectivity index (χ1n) is 2.90. The molecule has 0 atom stereocenters. The van der Waals surface area contributed by atoms with E-state index in [4.69, 9.17) is 11.1 Å². The van der Waals surface area contributed by atoms with E-state index < -0.39 is 5.82 Å². The largest absolute Gasteiger partial charge is 0.398 e. The van der Waals surface area contributed by atoms with Gasteiger partial charge in [-0.25, -0.2) is 4.39 Å². The molecule has 0 aliphatic carbocycles. The lowest BCUT2D eigenvalue weighted by Gasteiger charge is -2.02. The molecular formula is C7H6BrFN2. The SMILES string of the molecule is N=Cc1c(N)ccc(F)c1Br. The van der Waals surface area contributed by atoms with Gasteiger partial charge in [-0.3, -0.25) is 0 Å².